The van der Waals surface area contributed by atoms with E-state index in [1.54, 1.807) is 0 Å². The first-order valence-corrected chi connectivity index (χ1v) is 6.22. The first-order chi connectivity index (χ1) is 8.19. The van der Waals surface area contributed by atoms with Gasteiger partial charge < -0.3 is 0 Å². The molecule has 1 heterocycles. The summed E-state index contributed by atoms with van der Waals surface area (Å²) in [5.74, 6) is 0.639. The zero-order chi connectivity index (χ0) is 12.3. The van der Waals surface area contributed by atoms with E-state index in [9.17, 15) is 0 Å². The number of nitrogens with zero attached hydrogens (tertiary/aromatic N) is 3. The normalized spacial score (nSPS) is 11.1. The average molecular weight is 230 g/mol. The second-order valence-corrected chi connectivity index (χ2v) is 4.80. The van der Waals surface area contributed by atoms with Crippen LogP contribution >= 0.6 is 0 Å². The Morgan fingerprint density at radius 2 is 1.94 bits per heavy atom. The second-order valence-electron chi connectivity index (χ2n) is 4.80. The highest BCUT2D eigenvalue weighted by Gasteiger charge is 2.09. The third kappa shape index (κ3) is 2.93. The van der Waals surface area contributed by atoms with Crippen molar-refractivity contribution in [3.8, 4) is 5.69 Å². The maximum Gasteiger partial charge on any atom is 0.265 e. The van der Waals surface area contributed by atoms with Crippen LogP contribution in [0.3, 0.4) is 0 Å². The molecule has 0 spiro atoms. The van der Waals surface area contributed by atoms with Gasteiger partial charge in [0.2, 0.25) is 6.33 Å². The van der Waals surface area contributed by atoms with Gasteiger partial charge in [-0.3, -0.25) is 0 Å². The van der Waals surface area contributed by atoms with Gasteiger partial charge in [0.1, 0.15) is 5.69 Å². The van der Waals surface area contributed by atoms with E-state index in [0.29, 0.717) is 5.92 Å². The van der Waals surface area contributed by atoms with Crippen molar-refractivity contribution in [3.63, 3.8) is 0 Å². The van der Waals surface area contributed by atoms with Gasteiger partial charge in [-0.05, 0) is 30.0 Å². The van der Waals surface area contributed by atoms with E-state index in [1.807, 2.05) is 17.3 Å². The summed E-state index contributed by atoms with van der Waals surface area (Å²) in [7, 11) is 0. The molecule has 0 amide bonds. The lowest BCUT2D eigenvalue weighted by atomic mass is 10.1. The molecule has 0 bridgehead atoms. The average Bonchev–Trinajstić information content (AvgIpc) is 2.77. The summed E-state index contributed by atoms with van der Waals surface area (Å²) in [6, 6.07) is 8.55. The van der Waals surface area contributed by atoms with Crippen molar-refractivity contribution in [2.24, 2.45) is 5.92 Å². The molecule has 2 aromatic rings. The number of rotatable bonds is 4. The molecule has 0 aliphatic rings. The van der Waals surface area contributed by atoms with Crippen LogP contribution in [0.2, 0.25) is 0 Å². The maximum atomic E-state index is 4.37. The largest absolute Gasteiger partial charge is 0.265 e. The highest BCUT2D eigenvalue weighted by molar-refractivity contribution is 5.32. The molecule has 0 atom stereocenters. The predicted molar refractivity (Wildman–Crippen MR) is 68.0 cm³/mol. The van der Waals surface area contributed by atoms with Crippen molar-refractivity contribution >= 4 is 0 Å². The third-order valence-corrected chi connectivity index (χ3v) is 2.77. The van der Waals surface area contributed by atoms with Gasteiger partial charge in [-0.2, -0.15) is 0 Å². The molecule has 3 heteroatoms. The second kappa shape index (κ2) is 5.13. The SMILES string of the molecule is CCc1ccc(-n2c[n+](CC(C)C)cn2)cc1. The summed E-state index contributed by atoms with van der Waals surface area (Å²) in [6.07, 6.45) is 5.00. The summed E-state index contributed by atoms with van der Waals surface area (Å²) in [6.45, 7) is 7.59. The van der Waals surface area contributed by atoms with Crippen LogP contribution in [0, 0.1) is 5.92 Å². The van der Waals surface area contributed by atoms with Crippen LogP contribution in [-0.2, 0) is 13.0 Å². The zero-order valence-electron chi connectivity index (χ0n) is 10.8. The molecule has 90 valence electrons. The molecular formula is C14H20N3+. The zero-order valence-corrected chi connectivity index (χ0v) is 10.8. The van der Waals surface area contributed by atoms with Gasteiger partial charge in [0.05, 0.1) is 6.54 Å². The van der Waals surface area contributed by atoms with Crippen LogP contribution in [0.1, 0.15) is 26.3 Å². The fourth-order valence-corrected chi connectivity index (χ4v) is 1.86. The quantitative estimate of drug-likeness (QED) is 0.739. The Labute approximate surface area is 103 Å². The molecule has 1 aromatic carbocycles. The molecule has 0 fully saturated rings. The van der Waals surface area contributed by atoms with Crippen molar-refractivity contribution < 1.29 is 4.57 Å². The van der Waals surface area contributed by atoms with E-state index in [2.05, 4.69) is 54.7 Å². The Morgan fingerprint density at radius 1 is 1.24 bits per heavy atom. The van der Waals surface area contributed by atoms with Crippen LogP contribution in [-0.4, -0.2) is 9.78 Å². The topological polar surface area (TPSA) is 21.7 Å². The van der Waals surface area contributed by atoms with E-state index >= 15 is 0 Å². The minimum Gasteiger partial charge on any atom is -0.237 e. The van der Waals surface area contributed by atoms with E-state index in [-0.39, 0.29) is 0 Å². The molecule has 17 heavy (non-hydrogen) atoms. The Kier molecular flexibility index (Phi) is 3.57. The maximum absolute atomic E-state index is 4.37. The van der Waals surface area contributed by atoms with Gasteiger partial charge >= 0.3 is 0 Å². The number of aryl methyl sites for hydroxylation is 1. The molecule has 0 aliphatic heterocycles. The van der Waals surface area contributed by atoms with Crippen LogP contribution < -0.4 is 4.57 Å². The Balaban J connectivity index is 2.18. The van der Waals surface area contributed by atoms with Gasteiger partial charge in [0.15, 0.2) is 0 Å². The van der Waals surface area contributed by atoms with E-state index in [0.717, 1.165) is 18.7 Å². The summed E-state index contributed by atoms with van der Waals surface area (Å²) in [4.78, 5) is 0. The van der Waals surface area contributed by atoms with Gasteiger partial charge in [-0.25, -0.2) is 4.57 Å². The Hall–Kier alpha value is -1.64. The van der Waals surface area contributed by atoms with Crippen molar-refractivity contribution in [3.05, 3.63) is 42.5 Å². The molecule has 0 radical (unpaired) electrons. The summed E-state index contributed by atoms with van der Waals surface area (Å²) in [5, 5.41) is 4.37. The lowest BCUT2D eigenvalue weighted by molar-refractivity contribution is -0.702. The van der Waals surface area contributed by atoms with Gasteiger partial charge in [0.25, 0.3) is 6.33 Å². The van der Waals surface area contributed by atoms with Crippen molar-refractivity contribution in [2.45, 2.75) is 33.7 Å². The first kappa shape index (κ1) is 11.8. The van der Waals surface area contributed by atoms with Gasteiger partial charge in [-0.15, -0.1) is 0 Å². The van der Waals surface area contributed by atoms with Gasteiger partial charge in [-0.1, -0.05) is 37.6 Å². The molecule has 2 rings (SSSR count). The van der Waals surface area contributed by atoms with Crippen molar-refractivity contribution in [2.75, 3.05) is 0 Å². The third-order valence-electron chi connectivity index (χ3n) is 2.77. The number of aromatic nitrogens is 3. The fraction of sp³-hybridized carbons (Fsp3) is 0.429. The van der Waals surface area contributed by atoms with Crippen LogP contribution in [0.4, 0.5) is 0 Å². The lowest BCUT2D eigenvalue weighted by Gasteiger charge is -1.99. The Morgan fingerprint density at radius 3 is 2.53 bits per heavy atom. The summed E-state index contributed by atoms with van der Waals surface area (Å²) < 4.78 is 4.04. The molecule has 0 unspecified atom stereocenters. The van der Waals surface area contributed by atoms with E-state index in [4.69, 9.17) is 0 Å². The highest BCUT2D eigenvalue weighted by atomic mass is 15.3. The van der Waals surface area contributed by atoms with Crippen molar-refractivity contribution in [1.29, 1.82) is 0 Å². The molecule has 0 N–H and O–H groups in total. The van der Waals surface area contributed by atoms with Crippen LogP contribution in [0.15, 0.2) is 36.9 Å². The van der Waals surface area contributed by atoms with Crippen LogP contribution in [0.25, 0.3) is 5.69 Å². The number of benzene rings is 1. The van der Waals surface area contributed by atoms with Crippen LogP contribution in [0.5, 0.6) is 0 Å². The summed E-state index contributed by atoms with van der Waals surface area (Å²) in [5.41, 5.74) is 2.47. The molecule has 0 aliphatic carbocycles. The molecule has 0 saturated heterocycles. The standard InChI is InChI=1S/C14H20N3/c1-4-13-5-7-14(8-6-13)17-11-16(10-15-17)9-12(2)3/h5-8,10-12H,4,9H2,1-3H3/q+1. The molecule has 0 saturated carbocycles. The van der Waals surface area contributed by atoms with Gasteiger partial charge in [0, 0.05) is 5.10 Å². The van der Waals surface area contributed by atoms with E-state index in [1.165, 1.54) is 5.56 Å². The number of hydrogen-bond acceptors (Lipinski definition) is 1. The lowest BCUT2D eigenvalue weighted by Crippen LogP contribution is -2.33. The fourth-order valence-electron chi connectivity index (χ4n) is 1.86. The number of hydrogen-bond donors (Lipinski definition) is 0. The highest BCUT2D eigenvalue weighted by Crippen LogP contribution is 2.08. The molecule has 1 aromatic heterocycles. The minimum atomic E-state index is 0.639. The molecular weight excluding hydrogens is 210 g/mol. The molecule has 3 nitrogen and oxygen atoms in total. The first-order valence-electron chi connectivity index (χ1n) is 6.22. The predicted octanol–water partition coefficient (Wildman–Crippen LogP) is 2.38. The summed E-state index contributed by atoms with van der Waals surface area (Å²) >= 11 is 0. The Bertz CT molecular complexity index is 468. The minimum absolute atomic E-state index is 0.639. The smallest absolute Gasteiger partial charge is 0.237 e. The van der Waals surface area contributed by atoms with Crippen molar-refractivity contribution in [1.82, 2.24) is 9.78 Å². The van der Waals surface area contributed by atoms with E-state index < -0.39 is 0 Å². The monoisotopic (exact) mass is 230 g/mol.